The van der Waals surface area contributed by atoms with E-state index in [-0.39, 0.29) is 52.8 Å². The molecule has 0 unspecified atom stereocenters. The molecule has 2 saturated carbocycles. The van der Waals surface area contributed by atoms with Crippen LogP contribution in [0.25, 0.3) is 33.8 Å². The first kappa shape index (κ1) is 27.1. The molecule has 7 rings (SSSR count). The minimum Gasteiger partial charge on any atom is -0.416 e. The summed E-state index contributed by atoms with van der Waals surface area (Å²) in [6.07, 6.45) is 2.38. The van der Waals surface area contributed by atoms with Gasteiger partial charge in [0.2, 0.25) is 5.88 Å². The van der Waals surface area contributed by atoms with Gasteiger partial charge >= 0.3 is 12.8 Å². The summed E-state index contributed by atoms with van der Waals surface area (Å²) in [4.78, 5) is 34.0. The van der Waals surface area contributed by atoms with Gasteiger partial charge in [0.05, 0.1) is 12.2 Å². The molecule has 220 valence electrons. The fraction of sp³-hybridized carbons (Fsp3) is 0.310. The van der Waals surface area contributed by atoms with E-state index >= 15 is 0 Å². The van der Waals surface area contributed by atoms with Crippen LogP contribution in [0.2, 0.25) is 0 Å². The summed E-state index contributed by atoms with van der Waals surface area (Å²) >= 11 is 0. The van der Waals surface area contributed by atoms with Crippen molar-refractivity contribution in [3.63, 3.8) is 0 Å². The van der Waals surface area contributed by atoms with Gasteiger partial charge < -0.3 is 9.30 Å². The van der Waals surface area contributed by atoms with Crippen molar-refractivity contribution < 1.29 is 26.7 Å². The zero-order valence-electron chi connectivity index (χ0n) is 22.3. The lowest BCUT2D eigenvalue weighted by molar-refractivity contribution is -0.140. The van der Waals surface area contributed by atoms with Gasteiger partial charge in [-0.2, -0.15) is 22.0 Å². The molecule has 0 radical (unpaired) electrons. The lowest BCUT2D eigenvalue weighted by atomic mass is 10.1. The number of halogens is 5. The Labute approximate surface area is 240 Å². The summed E-state index contributed by atoms with van der Waals surface area (Å²) in [5.41, 5.74) is 0.816. The van der Waals surface area contributed by atoms with E-state index < -0.39 is 18.5 Å². The van der Waals surface area contributed by atoms with Crippen molar-refractivity contribution in [2.45, 2.75) is 57.0 Å². The number of nitrogens with zero attached hydrogens (tertiary/aromatic N) is 7. The van der Waals surface area contributed by atoms with Gasteiger partial charge in [0.15, 0.2) is 11.5 Å². The molecule has 9 nitrogen and oxygen atoms in total. The third-order valence-corrected chi connectivity index (χ3v) is 7.47. The minimum absolute atomic E-state index is 0.0107. The number of pyridine rings is 1. The summed E-state index contributed by atoms with van der Waals surface area (Å²) in [6, 6.07) is 9.70. The molecular formula is C29H22F5N7O2. The van der Waals surface area contributed by atoms with Gasteiger partial charge in [-0.25, -0.2) is 24.9 Å². The van der Waals surface area contributed by atoms with Crippen molar-refractivity contribution in [1.29, 1.82) is 0 Å². The molecule has 0 atom stereocenters. The Morgan fingerprint density at radius 2 is 1.72 bits per heavy atom. The number of hydrogen-bond donors (Lipinski definition) is 0. The molecule has 5 aromatic rings. The second kappa shape index (κ2) is 10.2. The zero-order valence-corrected chi connectivity index (χ0v) is 22.3. The van der Waals surface area contributed by atoms with E-state index in [1.807, 2.05) is 0 Å². The molecule has 14 heteroatoms. The first-order valence-corrected chi connectivity index (χ1v) is 13.6. The SMILES string of the molecule is O=c1ccc2cnc(-c3c(OC(F)F)ncnc3C3CC3)nc2n1Cc1ccc(-c2nc(C(F)(F)F)cn2C2CC2)cc1. The lowest BCUT2D eigenvalue weighted by Gasteiger charge is -2.14. The Morgan fingerprint density at radius 3 is 2.40 bits per heavy atom. The maximum Gasteiger partial charge on any atom is 0.434 e. The molecule has 0 aliphatic heterocycles. The second-order valence-corrected chi connectivity index (χ2v) is 10.6. The highest BCUT2D eigenvalue weighted by molar-refractivity contribution is 5.78. The quantitative estimate of drug-likeness (QED) is 0.203. The number of benzene rings is 1. The van der Waals surface area contributed by atoms with E-state index in [1.54, 1.807) is 34.9 Å². The predicted octanol–water partition coefficient (Wildman–Crippen LogP) is 5.99. The summed E-state index contributed by atoms with van der Waals surface area (Å²) in [5, 5.41) is 0.535. The standard InChI is InChI=1S/C29H22F5N7O2/c30-28(31)43-27-22(23(16-5-6-16)36-14-37-27)24-35-11-18-7-10-21(42)41(26(18)39-24)12-15-1-3-17(4-2-15)25-38-20(29(32,33)34)13-40(25)19-8-9-19/h1-4,7,10-11,13-14,16,19,28H,5-6,8-9,12H2. The van der Waals surface area contributed by atoms with E-state index in [9.17, 15) is 26.7 Å². The highest BCUT2D eigenvalue weighted by Crippen LogP contribution is 2.45. The van der Waals surface area contributed by atoms with Gasteiger partial charge in [0.1, 0.15) is 23.4 Å². The van der Waals surface area contributed by atoms with Crippen molar-refractivity contribution in [3.8, 4) is 28.7 Å². The molecule has 4 aromatic heterocycles. The van der Waals surface area contributed by atoms with Crippen LogP contribution in [-0.4, -0.2) is 40.7 Å². The fourth-order valence-corrected chi connectivity index (χ4v) is 5.09. The first-order chi connectivity index (χ1) is 20.7. The van der Waals surface area contributed by atoms with Crippen LogP contribution in [0.15, 0.2) is 59.9 Å². The zero-order chi connectivity index (χ0) is 29.9. The molecule has 0 spiro atoms. The number of alkyl halides is 5. The minimum atomic E-state index is -4.55. The Bertz CT molecular complexity index is 1890. The van der Waals surface area contributed by atoms with Gasteiger partial charge in [-0.05, 0) is 37.3 Å². The monoisotopic (exact) mass is 595 g/mol. The largest absolute Gasteiger partial charge is 0.434 e. The van der Waals surface area contributed by atoms with Gasteiger partial charge in [-0.3, -0.25) is 9.36 Å². The van der Waals surface area contributed by atoms with E-state index in [0.29, 0.717) is 22.2 Å². The summed E-state index contributed by atoms with van der Waals surface area (Å²) < 4.78 is 74.2. The van der Waals surface area contributed by atoms with Gasteiger partial charge in [0.25, 0.3) is 5.56 Å². The van der Waals surface area contributed by atoms with Crippen molar-refractivity contribution in [2.75, 3.05) is 0 Å². The van der Waals surface area contributed by atoms with Crippen molar-refractivity contribution >= 4 is 11.0 Å². The third kappa shape index (κ3) is 5.32. The van der Waals surface area contributed by atoms with Crippen molar-refractivity contribution in [2.24, 2.45) is 0 Å². The van der Waals surface area contributed by atoms with Gasteiger partial charge in [-0.15, -0.1) is 0 Å². The molecule has 43 heavy (non-hydrogen) atoms. The Hall–Kier alpha value is -4.75. The first-order valence-electron chi connectivity index (χ1n) is 13.6. The highest BCUT2D eigenvalue weighted by atomic mass is 19.4. The summed E-state index contributed by atoms with van der Waals surface area (Å²) in [5.74, 6) is -0.0198. The van der Waals surface area contributed by atoms with Gasteiger partial charge in [0, 0.05) is 41.4 Å². The van der Waals surface area contributed by atoms with E-state index in [1.165, 1.54) is 16.8 Å². The van der Waals surface area contributed by atoms with Crippen LogP contribution in [0.4, 0.5) is 22.0 Å². The molecule has 4 heterocycles. The van der Waals surface area contributed by atoms with Crippen molar-refractivity contribution in [3.05, 3.63) is 82.4 Å². The van der Waals surface area contributed by atoms with Gasteiger partial charge in [-0.1, -0.05) is 24.3 Å². The number of fused-ring (bicyclic) bond motifs is 1. The van der Waals surface area contributed by atoms with Crippen LogP contribution in [-0.2, 0) is 12.7 Å². The molecule has 0 saturated heterocycles. The Balaban J connectivity index is 1.25. The molecule has 0 bridgehead atoms. The number of aromatic nitrogens is 7. The van der Waals surface area contributed by atoms with Crippen LogP contribution in [0.5, 0.6) is 5.88 Å². The van der Waals surface area contributed by atoms with Crippen LogP contribution in [0, 0.1) is 0 Å². The molecule has 0 N–H and O–H groups in total. The summed E-state index contributed by atoms with van der Waals surface area (Å²) in [6.45, 7) is -3.04. The van der Waals surface area contributed by atoms with E-state index in [4.69, 9.17) is 0 Å². The van der Waals surface area contributed by atoms with E-state index in [2.05, 4.69) is 29.7 Å². The molecule has 0 amide bonds. The maximum absolute atomic E-state index is 13.4. The third-order valence-electron chi connectivity index (χ3n) is 7.47. The molecule has 1 aromatic carbocycles. The fourth-order valence-electron chi connectivity index (χ4n) is 5.09. The van der Waals surface area contributed by atoms with Crippen LogP contribution < -0.4 is 10.3 Å². The lowest BCUT2D eigenvalue weighted by Crippen LogP contribution is -2.21. The van der Waals surface area contributed by atoms with Crippen molar-refractivity contribution in [1.82, 2.24) is 34.1 Å². The highest BCUT2D eigenvalue weighted by Gasteiger charge is 2.37. The topological polar surface area (TPSA) is 101 Å². The number of ether oxygens (including phenoxy) is 1. The average molecular weight is 596 g/mol. The number of rotatable bonds is 8. The normalized spacial score (nSPS) is 15.4. The Kier molecular flexibility index (Phi) is 6.43. The predicted molar refractivity (Wildman–Crippen MR) is 143 cm³/mol. The summed E-state index contributed by atoms with van der Waals surface area (Å²) in [7, 11) is 0. The Morgan fingerprint density at radius 1 is 0.953 bits per heavy atom. The average Bonchev–Trinajstić information content (AvgIpc) is 3.92. The van der Waals surface area contributed by atoms with Crippen LogP contribution in [0.1, 0.15) is 54.6 Å². The smallest absolute Gasteiger partial charge is 0.416 e. The molecule has 2 fully saturated rings. The number of imidazole rings is 1. The maximum atomic E-state index is 13.4. The molecule has 2 aliphatic carbocycles. The molecular weight excluding hydrogens is 573 g/mol. The molecule has 2 aliphatic rings. The van der Waals surface area contributed by atoms with Crippen LogP contribution in [0.3, 0.4) is 0 Å². The number of hydrogen-bond acceptors (Lipinski definition) is 7. The van der Waals surface area contributed by atoms with E-state index in [0.717, 1.165) is 38.2 Å². The van der Waals surface area contributed by atoms with Crippen LogP contribution >= 0.6 is 0 Å². The second-order valence-electron chi connectivity index (χ2n) is 10.6.